The minimum atomic E-state index is -0.928. The number of aromatic nitrogens is 1. The summed E-state index contributed by atoms with van der Waals surface area (Å²) in [4.78, 5) is 17.3. The first-order valence-corrected chi connectivity index (χ1v) is 7.24. The van der Waals surface area contributed by atoms with Gasteiger partial charge in [0, 0.05) is 11.9 Å². The minimum Gasteiger partial charge on any atom is -0.476 e. The van der Waals surface area contributed by atoms with Gasteiger partial charge in [-0.15, -0.1) is 11.3 Å². The van der Waals surface area contributed by atoms with E-state index >= 15 is 0 Å². The molecular weight excluding hydrogens is 248 g/mol. The summed E-state index contributed by atoms with van der Waals surface area (Å²) < 4.78 is 0. The van der Waals surface area contributed by atoms with E-state index < -0.39 is 5.97 Å². The van der Waals surface area contributed by atoms with Gasteiger partial charge >= 0.3 is 5.97 Å². The number of hydrogen-bond acceptors (Lipinski definition) is 4. The SMILES string of the molecule is CC1(C)CCCN(Cc2csc(C(=O)O)n2)CC1. The van der Waals surface area contributed by atoms with Gasteiger partial charge in [0.15, 0.2) is 0 Å². The fourth-order valence-corrected chi connectivity index (χ4v) is 2.99. The average molecular weight is 268 g/mol. The van der Waals surface area contributed by atoms with Crippen LogP contribution in [0, 0.1) is 5.41 Å². The second-order valence-electron chi connectivity index (χ2n) is 5.74. The Kier molecular flexibility index (Phi) is 4.02. The highest BCUT2D eigenvalue weighted by atomic mass is 32.1. The third-order valence-electron chi connectivity index (χ3n) is 3.55. The van der Waals surface area contributed by atoms with E-state index in [1.165, 1.54) is 30.6 Å². The fraction of sp³-hybridized carbons (Fsp3) is 0.692. The number of aromatic carboxylic acids is 1. The summed E-state index contributed by atoms with van der Waals surface area (Å²) in [7, 11) is 0. The van der Waals surface area contributed by atoms with Crippen molar-refractivity contribution in [3.8, 4) is 0 Å². The molecule has 1 aromatic rings. The fourth-order valence-electron chi connectivity index (χ4n) is 2.34. The van der Waals surface area contributed by atoms with Crippen LogP contribution in [0.4, 0.5) is 0 Å². The highest BCUT2D eigenvalue weighted by Gasteiger charge is 2.23. The maximum atomic E-state index is 10.8. The quantitative estimate of drug-likeness (QED) is 0.916. The maximum Gasteiger partial charge on any atom is 0.365 e. The molecule has 100 valence electrons. The van der Waals surface area contributed by atoms with Gasteiger partial charge in [0.2, 0.25) is 5.01 Å². The van der Waals surface area contributed by atoms with Gasteiger partial charge in [0.1, 0.15) is 0 Å². The number of rotatable bonds is 3. The van der Waals surface area contributed by atoms with Crippen LogP contribution in [0.25, 0.3) is 0 Å². The van der Waals surface area contributed by atoms with Crippen LogP contribution in [0.1, 0.15) is 48.6 Å². The molecule has 0 bridgehead atoms. The van der Waals surface area contributed by atoms with Crippen molar-refractivity contribution in [2.24, 2.45) is 5.41 Å². The van der Waals surface area contributed by atoms with E-state index in [0.29, 0.717) is 5.41 Å². The predicted molar refractivity (Wildman–Crippen MR) is 72.0 cm³/mol. The lowest BCUT2D eigenvalue weighted by molar-refractivity contribution is 0.0696. The Bertz CT molecular complexity index is 428. The van der Waals surface area contributed by atoms with Gasteiger partial charge in [0.05, 0.1) is 5.69 Å². The molecule has 0 aliphatic carbocycles. The van der Waals surface area contributed by atoms with E-state index in [1.807, 2.05) is 5.38 Å². The Balaban J connectivity index is 1.94. The van der Waals surface area contributed by atoms with Crippen molar-refractivity contribution in [1.82, 2.24) is 9.88 Å². The molecule has 4 nitrogen and oxygen atoms in total. The lowest BCUT2D eigenvalue weighted by Gasteiger charge is -2.22. The predicted octanol–water partition coefficient (Wildman–Crippen LogP) is 2.85. The van der Waals surface area contributed by atoms with Crippen LogP contribution in [0.15, 0.2) is 5.38 Å². The van der Waals surface area contributed by atoms with Crippen molar-refractivity contribution >= 4 is 17.3 Å². The summed E-state index contributed by atoms with van der Waals surface area (Å²) in [6, 6.07) is 0. The molecule has 1 N–H and O–H groups in total. The van der Waals surface area contributed by atoms with Crippen molar-refractivity contribution in [3.05, 3.63) is 16.1 Å². The Labute approximate surface area is 112 Å². The van der Waals surface area contributed by atoms with Gasteiger partial charge in [-0.05, 0) is 37.8 Å². The lowest BCUT2D eigenvalue weighted by Crippen LogP contribution is -2.25. The van der Waals surface area contributed by atoms with Crippen LogP contribution in [0.2, 0.25) is 0 Å². The van der Waals surface area contributed by atoms with Gasteiger partial charge in [0.25, 0.3) is 0 Å². The lowest BCUT2D eigenvalue weighted by atomic mass is 9.85. The number of hydrogen-bond donors (Lipinski definition) is 1. The zero-order chi connectivity index (χ0) is 13.2. The Morgan fingerprint density at radius 1 is 1.50 bits per heavy atom. The van der Waals surface area contributed by atoms with Crippen LogP contribution in [0.5, 0.6) is 0 Å². The third kappa shape index (κ3) is 3.53. The van der Waals surface area contributed by atoms with Gasteiger partial charge in [-0.3, -0.25) is 4.90 Å². The maximum absolute atomic E-state index is 10.8. The number of carboxylic acids is 1. The first-order valence-electron chi connectivity index (χ1n) is 6.36. The first-order chi connectivity index (χ1) is 8.46. The zero-order valence-corrected chi connectivity index (χ0v) is 11.8. The van der Waals surface area contributed by atoms with E-state index in [-0.39, 0.29) is 5.01 Å². The summed E-state index contributed by atoms with van der Waals surface area (Å²) in [5.41, 5.74) is 1.32. The van der Waals surface area contributed by atoms with Crippen LogP contribution in [-0.4, -0.2) is 34.0 Å². The zero-order valence-electron chi connectivity index (χ0n) is 11.0. The highest BCUT2D eigenvalue weighted by molar-refractivity contribution is 7.11. The van der Waals surface area contributed by atoms with Gasteiger partial charge in [-0.1, -0.05) is 13.8 Å². The van der Waals surface area contributed by atoms with E-state index in [9.17, 15) is 4.79 Å². The standard InChI is InChI=1S/C13H20N2O2S/c1-13(2)4-3-6-15(7-5-13)8-10-9-18-11(14-10)12(16)17/h9H,3-8H2,1-2H3,(H,16,17). The molecule has 1 saturated heterocycles. The van der Waals surface area contributed by atoms with Crippen molar-refractivity contribution in [2.75, 3.05) is 13.1 Å². The number of carboxylic acid groups (broad SMARTS) is 1. The number of thiazole rings is 1. The average Bonchev–Trinajstić information content (AvgIpc) is 2.67. The van der Waals surface area contributed by atoms with E-state index in [2.05, 4.69) is 23.7 Å². The van der Waals surface area contributed by atoms with E-state index in [0.717, 1.165) is 25.3 Å². The summed E-state index contributed by atoms with van der Waals surface area (Å²) >= 11 is 1.21. The molecule has 1 aliphatic heterocycles. The molecule has 1 fully saturated rings. The number of likely N-dealkylation sites (tertiary alicyclic amines) is 1. The Morgan fingerprint density at radius 3 is 2.94 bits per heavy atom. The van der Waals surface area contributed by atoms with Crippen LogP contribution in [-0.2, 0) is 6.54 Å². The van der Waals surface area contributed by atoms with Gasteiger partial charge < -0.3 is 5.11 Å². The van der Waals surface area contributed by atoms with Crippen molar-refractivity contribution in [2.45, 2.75) is 39.7 Å². The molecule has 2 rings (SSSR count). The molecule has 5 heteroatoms. The first kappa shape index (κ1) is 13.5. The largest absolute Gasteiger partial charge is 0.476 e. The molecule has 0 saturated carbocycles. The molecule has 1 aliphatic rings. The second kappa shape index (κ2) is 5.36. The molecule has 2 heterocycles. The van der Waals surface area contributed by atoms with Crippen LogP contribution in [0.3, 0.4) is 0 Å². The molecule has 0 atom stereocenters. The molecule has 0 radical (unpaired) electrons. The second-order valence-corrected chi connectivity index (χ2v) is 6.60. The summed E-state index contributed by atoms with van der Waals surface area (Å²) in [5, 5.41) is 10.9. The molecule has 0 amide bonds. The minimum absolute atomic E-state index is 0.195. The van der Waals surface area contributed by atoms with Crippen molar-refractivity contribution in [1.29, 1.82) is 0 Å². The van der Waals surface area contributed by atoms with Crippen molar-refractivity contribution in [3.63, 3.8) is 0 Å². The summed E-state index contributed by atoms with van der Waals surface area (Å²) in [6.45, 7) is 7.58. The normalized spacial score (nSPS) is 20.6. The van der Waals surface area contributed by atoms with Gasteiger partial charge in [-0.2, -0.15) is 0 Å². The van der Waals surface area contributed by atoms with Crippen LogP contribution < -0.4 is 0 Å². The highest BCUT2D eigenvalue weighted by Crippen LogP contribution is 2.30. The third-order valence-corrected chi connectivity index (χ3v) is 4.43. The topological polar surface area (TPSA) is 53.4 Å². The van der Waals surface area contributed by atoms with Gasteiger partial charge in [-0.25, -0.2) is 9.78 Å². The monoisotopic (exact) mass is 268 g/mol. The summed E-state index contributed by atoms with van der Waals surface area (Å²) in [6.07, 6.45) is 3.67. The van der Waals surface area contributed by atoms with Crippen LogP contribution >= 0.6 is 11.3 Å². The molecular formula is C13H20N2O2S. The smallest absolute Gasteiger partial charge is 0.365 e. The van der Waals surface area contributed by atoms with Crippen molar-refractivity contribution < 1.29 is 9.90 Å². The summed E-state index contributed by atoms with van der Waals surface area (Å²) in [5.74, 6) is -0.928. The molecule has 18 heavy (non-hydrogen) atoms. The Morgan fingerprint density at radius 2 is 2.28 bits per heavy atom. The molecule has 0 spiro atoms. The Hall–Kier alpha value is -0.940. The molecule has 0 aromatic carbocycles. The molecule has 0 unspecified atom stereocenters. The number of nitrogens with zero attached hydrogens (tertiary/aromatic N) is 2. The van der Waals surface area contributed by atoms with E-state index in [1.54, 1.807) is 0 Å². The van der Waals surface area contributed by atoms with E-state index in [4.69, 9.17) is 5.11 Å². The number of carbonyl (C=O) groups is 1. The molecule has 1 aromatic heterocycles.